The molecule has 168 valence electrons. The van der Waals surface area contributed by atoms with Gasteiger partial charge in [-0.3, -0.25) is 9.52 Å². The molecule has 9 nitrogen and oxygen atoms in total. The first-order valence-corrected chi connectivity index (χ1v) is 11.4. The lowest BCUT2D eigenvalue weighted by Gasteiger charge is -2.12. The Morgan fingerprint density at radius 3 is 2.52 bits per heavy atom. The van der Waals surface area contributed by atoms with E-state index in [1.165, 1.54) is 18.2 Å². The predicted octanol–water partition coefficient (Wildman–Crippen LogP) is 3.02. The standard InChI is InChI=1S/C23H20N4O5S/c1-15-7-11-18(12-8-15)25-33(30,31)21-13-17(10-9-16(21)2)23(29)32-14-27-22(28)19-5-3-4-6-20(19)24-26-27/h3-13,25H,14H2,1-2H3. The highest BCUT2D eigenvalue weighted by atomic mass is 32.2. The zero-order valence-electron chi connectivity index (χ0n) is 17.8. The second-order valence-corrected chi connectivity index (χ2v) is 9.07. The summed E-state index contributed by atoms with van der Waals surface area (Å²) in [6.07, 6.45) is 0. The molecule has 0 saturated carbocycles. The fourth-order valence-electron chi connectivity index (χ4n) is 3.16. The summed E-state index contributed by atoms with van der Waals surface area (Å²) in [6, 6.07) is 17.8. The molecule has 1 N–H and O–H groups in total. The number of nitrogens with one attached hydrogen (secondary N) is 1. The van der Waals surface area contributed by atoms with E-state index >= 15 is 0 Å². The lowest BCUT2D eigenvalue weighted by Crippen LogP contribution is -2.26. The minimum atomic E-state index is -3.95. The van der Waals surface area contributed by atoms with E-state index in [1.807, 2.05) is 6.92 Å². The number of aromatic nitrogens is 3. The molecule has 3 aromatic carbocycles. The van der Waals surface area contributed by atoms with Crippen LogP contribution in [-0.2, 0) is 21.5 Å². The fourth-order valence-corrected chi connectivity index (χ4v) is 4.49. The third kappa shape index (κ3) is 4.75. The van der Waals surface area contributed by atoms with E-state index in [2.05, 4.69) is 15.0 Å². The van der Waals surface area contributed by atoms with Gasteiger partial charge < -0.3 is 4.74 Å². The number of sulfonamides is 1. The maximum atomic E-state index is 12.9. The summed E-state index contributed by atoms with van der Waals surface area (Å²) in [5.41, 5.74) is 1.85. The smallest absolute Gasteiger partial charge is 0.339 e. The van der Waals surface area contributed by atoms with Crippen molar-refractivity contribution in [2.75, 3.05) is 4.72 Å². The summed E-state index contributed by atoms with van der Waals surface area (Å²) in [5.74, 6) is -0.802. The van der Waals surface area contributed by atoms with E-state index in [1.54, 1.807) is 55.5 Å². The van der Waals surface area contributed by atoms with Crippen LogP contribution in [0.3, 0.4) is 0 Å². The number of hydrogen-bond donors (Lipinski definition) is 1. The minimum Gasteiger partial charge on any atom is -0.439 e. The summed E-state index contributed by atoms with van der Waals surface area (Å²) in [5, 5.41) is 8.04. The number of benzene rings is 3. The zero-order valence-corrected chi connectivity index (χ0v) is 18.7. The Kier molecular flexibility index (Phi) is 5.93. The van der Waals surface area contributed by atoms with Crippen LogP contribution < -0.4 is 10.3 Å². The summed E-state index contributed by atoms with van der Waals surface area (Å²) < 4.78 is 34.4. The quantitative estimate of drug-likeness (QED) is 0.436. The van der Waals surface area contributed by atoms with E-state index in [0.717, 1.165) is 10.2 Å². The average Bonchev–Trinajstić information content (AvgIpc) is 2.80. The van der Waals surface area contributed by atoms with Gasteiger partial charge in [0.05, 0.1) is 15.8 Å². The van der Waals surface area contributed by atoms with Crippen molar-refractivity contribution in [3.8, 4) is 0 Å². The lowest BCUT2D eigenvalue weighted by atomic mass is 10.1. The molecule has 4 aromatic rings. The normalized spacial score (nSPS) is 11.3. The second-order valence-electron chi connectivity index (χ2n) is 7.42. The highest BCUT2D eigenvalue weighted by molar-refractivity contribution is 7.92. The van der Waals surface area contributed by atoms with E-state index in [9.17, 15) is 18.0 Å². The number of hydrogen-bond acceptors (Lipinski definition) is 7. The Morgan fingerprint density at radius 2 is 1.76 bits per heavy atom. The number of carbonyl (C=O) groups is 1. The molecular formula is C23H20N4O5S. The number of esters is 1. The Hall–Kier alpha value is -4.05. The van der Waals surface area contributed by atoms with Crippen LogP contribution in [-0.4, -0.2) is 29.4 Å². The van der Waals surface area contributed by atoms with Gasteiger partial charge in [0, 0.05) is 5.69 Å². The Balaban J connectivity index is 1.54. The van der Waals surface area contributed by atoms with Gasteiger partial charge in [-0.15, -0.1) is 5.10 Å². The van der Waals surface area contributed by atoms with Crippen LogP contribution in [0.5, 0.6) is 0 Å². The lowest BCUT2D eigenvalue weighted by molar-refractivity contribution is 0.0336. The van der Waals surface area contributed by atoms with Crippen molar-refractivity contribution in [1.29, 1.82) is 0 Å². The first-order chi connectivity index (χ1) is 15.7. The molecule has 0 radical (unpaired) electrons. The molecule has 0 amide bonds. The first kappa shape index (κ1) is 22.2. The molecule has 0 bridgehead atoms. The first-order valence-electron chi connectivity index (χ1n) is 9.94. The van der Waals surface area contributed by atoms with E-state index < -0.39 is 28.3 Å². The number of aryl methyl sites for hydroxylation is 2. The van der Waals surface area contributed by atoms with Crippen molar-refractivity contribution < 1.29 is 17.9 Å². The second kappa shape index (κ2) is 8.83. The largest absolute Gasteiger partial charge is 0.439 e. The van der Waals surface area contributed by atoms with Crippen LogP contribution in [0.4, 0.5) is 5.69 Å². The van der Waals surface area contributed by atoms with Gasteiger partial charge in [0.25, 0.3) is 15.6 Å². The third-order valence-corrected chi connectivity index (χ3v) is 6.49. The number of fused-ring (bicyclic) bond motifs is 1. The molecule has 4 rings (SSSR count). The molecule has 0 saturated heterocycles. The van der Waals surface area contributed by atoms with Gasteiger partial charge >= 0.3 is 5.97 Å². The number of rotatable bonds is 6. The summed E-state index contributed by atoms with van der Waals surface area (Å²) >= 11 is 0. The van der Waals surface area contributed by atoms with Gasteiger partial charge in [0.2, 0.25) is 0 Å². The molecule has 0 aliphatic heterocycles. The highest BCUT2D eigenvalue weighted by Gasteiger charge is 2.20. The molecule has 0 atom stereocenters. The fraction of sp³-hybridized carbons (Fsp3) is 0.130. The van der Waals surface area contributed by atoms with Crippen LogP contribution >= 0.6 is 0 Å². The predicted molar refractivity (Wildman–Crippen MR) is 122 cm³/mol. The van der Waals surface area contributed by atoms with Crippen molar-refractivity contribution in [3.63, 3.8) is 0 Å². The van der Waals surface area contributed by atoms with Crippen molar-refractivity contribution in [2.45, 2.75) is 25.5 Å². The summed E-state index contributed by atoms with van der Waals surface area (Å²) in [7, 11) is -3.95. The molecular weight excluding hydrogens is 444 g/mol. The Labute approximate surface area is 189 Å². The Morgan fingerprint density at radius 1 is 1.03 bits per heavy atom. The van der Waals surface area contributed by atoms with Gasteiger partial charge in [0.1, 0.15) is 5.52 Å². The number of anilines is 1. The molecule has 33 heavy (non-hydrogen) atoms. The molecule has 0 aliphatic carbocycles. The van der Waals surface area contributed by atoms with Crippen LogP contribution in [0, 0.1) is 13.8 Å². The van der Waals surface area contributed by atoms with Gasteiger partial charge in [-0.05, 0) is 55.8 Å². The van der Waals surface area contributed by atoms with Crippen LogP contribution in [0.1, 0.15) is 21.5 Å². The number of nitrogens with zero attached hydrogens (tertiary/aromatic N) is 3. The van der Waals surface area contributed by atoms with Gasteiger partial charge in [-0.2, -0.15) is 4.68 Å². The Bertz CT molecular complexity index is 1510. The van der Waals surface area contributed by atoms with Crippen molar-refractivity contribution >= 4 is 32.6 Å². The molecule has 0 fully saturated rings. The van der Waals surface area contributed by atoms with E-state index in [4.69, 9.17) is 4.74 Å². The highest BCUT2D eigenvalue weighted by Crippen LogP contribution is 2.21. The van der Waals surface area contributed by atoms with Gasteiger partial charge in [-0.25, -0.2) is 13.2 Å². The van der Waals surface area contributed by atoms with E-state index in [-0.39, 0.29) is 10.5 Å². The third-order valence-electron chi connectivity index (χ3n) is 4.96. The molecule has 0 spiro atoms. The molecule has 1 aromatic heterocycles. The maximum absolute atomic E-state index is 12.9. The van der Waals surface area contributed by atoms with Crippen molar-refractivity contribution in [2.24, 2.45) is 0 Å². The maximum Gasteiger partial charge on any atom is 0.339 e. The monoisotopic (exact) mass is 464 g/mol. The van der Waals surface area contributed by atoms with Gasteiger partial charge in [-0.1, -0.05) is 41.1 Å². The molecule has 1 heterocycles. The average molecular weight is 465 g/mol. The summed E-state index contributed by atoms with van der Waals surface area (Å²) in [4.78, 5) is 25.0. The van der Waals surface area contributed by atoms with E-state index in [0.29, 0.717) is 22.2 Å². The minimum absolute atomic E-state index is 0.0201. The molecule has 10 heteroatoms. The molecule has 0 unspecified atom stereocenters. The zero-order chi connectivity index (χ0) is 23.6. The van der Waals surface area contributed by atoms with Crippen LogP contribution in [0.2, 0.25) is 0 Å². The van der Waals surface area contributed by atoms with Crippen LogP contribution in [0.25, 0.3) is 10.9 Å². The van der Waals surface area contributed by atoms with Gasteiger partial charge in [0.15, 0.2) is 6.73 Å². The SMILES string of the molecule is Cc1ccc(NS(=O)(=O)c2cc(C(=O)OCn3nnc4ccccc4c3=O)ccc2C)cc1. The summed E-state index contributed by atoms with van der Waals surface area (Å²) in [6.45, 7) is 3.06. The topological polar surface area (TPSA) is 120 Å². The van der Waals surface area contributed by atoms with Crippen LogP contribution in [0.15, 0.2) is 76.4 Å². The van der Waals surface area contributed by atoms with Crippen molar-refractivity contribution in [3.05, 3.63) is 93.8 Å². The number of carbonyl (C=O) groups excluding carboxylic acids is 1. The van der Waals surface area contributed by atoms with Crippen molar-refractivity contribution in [1.82, 2.24) is 15.0 Å². The number of ether oxygens (including phenoxy) is 1. The molecule has 0 aliphatic rings.